The summed E-state index contributed by atoms with van der Waals surface area (Å²) in [6, 6.07) is 0. The lowest BCUT2D eigenvalue weighted by Gasteiger charge is -2.18. The summed E-state index contributed by atoms with van der Waals surface area (Å²) in [5, 5.41) is 0. The fraction of sp³-hybridized carbons (Fsp3) is 0.705. The molecule has 0 spiro atoms. The molecule has 0 saturated heterocycles. The summed E-state index contributed by atoms with van der Waals surface area (Å²) in [6.45, 7) is 7.51. The van der Waals surface area contributed by atoms with Crippen molar-refractivity contribution in [3.05, 3.63) is 97.2 Å². The van der Waals surface area contributed by atoms with Crippen molar-refractivity contribution in [3.63, 3.8) is 0 Å². The molecule has 0 aliphatic heterocycles. The molecule has 0 fully saturated rings. The van der Waals surface area contributed by atoms with E-state index in [9.17, 15) is 9.59 Å². The zero-order valence-electron chi connectivity index (χ0n) is 43.4. The van der Waals surface area contributed by atoms with Crippen LogP contribution < -0.4 is 0 Å². The molecular formula is C61H104O5. The second-order valence-corrected chi connectivity index (χ2v) is 18.1. The monoisotopic (exact) mass is 917 g/mol. The lowest BCUT2D eigenvalue weighted by molar-refractivity contribution is -0.162. The highest BCUT2D eigenvalue weighted by Crippen LogP contribution is 2.15. The van der Waals surface area contributed by atoms with Gasteiger partial charge in [0.1, 0.15) is 6.61 Å². The molecule has 0 heterocycles. The second kappa shape index (κ2) is 56.1. The molecule has 0 aliphatic carbocycles. The third-order valence-corrected chi connectivity index (χ3v) is 11.6. The van der Waals surface area contributed by atoms with Gasteiger partial charge in [-0.15, -0.1) is 0 Å². The summed E-state index contributed by atoms with van der Waals surface area (Å²) in [5.41, 5.74) is 0. The largest absolute Gasteiger partial charge is 0.462 e. The summed E-state index contributed by atoms with van der Waals surface area (Å²) in [5.74, 6) is -0.474. The van der Waals surface area contributed by atoms with Crippen molar-refractivity contribution in [2.45, 2.75) is 258 Å². The van der Waals surface area contributed by atoms with Crippen LogP contribution in [-0.4, -0.2) is 37.9 Å². The highest BCUT2D eigenvalue weighted by molar-refractivity contribution is 5.70. The van der Waals surface area contributed by atoms with Gasteiger partial charge in [-0.2, -0.15) is 0 Å². The first-order valence-corrected chi connectivity index (χ1v) is 27.8. The molecule has 0 rings (SSSR count). The first kappa shape index (κ1) is 62.8. The van der Waals surface area contributed by atoms with Gasteiger partial charge in [-0.05, 0) is 89.9 Å². The SMILES string of the molecule is CC/C=C\C/C=C\C/C=C\C/C=C\C/C=C\CCCC(=O)OC(COCCCCCC/C=C\C/C=C\C/C=C\CC)COC(=O)CCCCCCCCCCCCCCCCCCCCC. The van der Waals surface area contributed by atoms with Crippen LogP contribution in [0.3, 0.4) is 0 Å². The van der Waals surface area contributed by atoms with Crippen LogP contribution in [0.5, 0.6) is 0 Å². The van der Waals surface area contributed by atoms with Crippen molar-refractivity contribution >= 4 is 11.9 Å². The minimum atomic E-state index is -0.581. The summed E-state index contributed by atoms with van der Waals surface area (Å²) < 4.78 is 17.4. The van der Waals surface area contributed by atoms with Crippen LogP contribution in [0.1, 0.15) is 252 Å². The third kappa shape index (κ3) is 53.4. The fourth-order valence-corrected chi connectivity index (χ4v) is 7.56. The minimum Gasteiger partial charge on any atom is -0.462 e. The number of unbranched alkanes of at least 4 members (excludes halogenated alkanes) is 23. The Bertz CT molecular complexity index is 1270. The van der Waals surface area contributed by atoms with E-state index in [0.717, 1.165) is 96.3 Å². The topological polar surface area (TPSA) is 61.8 Å². The number of hydrogen-bond acceptors (Lipinski definition) is 5. The Kier molecular flexibility index (Phi) is 53.4. The van der Waals surface area contributed by atoms with E-state index in [-0.39, 0.29) is 25.2 Å². The fourth-order valence-electron chi connectivity index (χ4n) is 7.56. The molecule has 0 aromatic rings. The van der Waals surface area contributed by atoms with E-state index < -0.39 is 6.10 Å². The lowest BCUT2D eigenvalue weighted by atomic mass is 10.0. The van der Waals surface area contributed by atoms with Crippen LogP contribution in [0.4, 0.5) is 0 Å². The maximum Gasteiger partial charge on any atom is 0.306 e. The molecule has 5 nitrogen and oxygen atoms in total. The number of rotatable bonds is 50. The van der Waals surface area contributed by atoms with Crippen LogP contribution in [0.15, 0.2) is 97.2 Å². The number of carbonyl (C=O) groups excluding carboxylic acids is 2. The highest BCUT2D eigenvalue weighted by atomic mass is 16.6. The molecule has 0 N–H and O–H groups in total. The summed E-state index contributed by atoms with van der Waals surface area (Å²) in [7, 11) is 0. The van der Waals surface area contributed by atoms with E-state index >= 15 is 0 Å². The van der Waals surface area contributed by atoms with Crippen molar-refractivity contribution in [1.29, 1.82) is 0 Å². The van der Waals surface area contributed by atoms with Gasteiger partial charge in [0.05, 0.1) is 6.61 Å². The van der Waals surface area contributed by atoms with E-state index in [1.54, 1.807) is 0 Å². The van der Waals surface area contributed by atoms with Gasteiger partial charge in [0, 0.05) is 19.4 Å². The Hall–Kier alpha value is -3.18. The Morgan fingerprint density at radius 1 is 0.348 bits per heavy atom. The Morgan fingerprint density at radius 3 is 1.14 bits per heavy atom. The molecule has 0 amide bonds. The minimum absolute atomic E-state index is 0.0510. The average Bonchev–Trinajstić information content (AvgIpc) is 3.32. The van der Waals surface area contributed by atoms with Crippen LogP contribution in [0, 0.1) is 0 Å². The second-order valence-electron chi connectivity index (χ2n) is 18.1. The summed E-state index contributed by atoms with van der Waals surface area (Å²) in [6.07, 6.45) is 75.8. The Morgan fingerprint density at radius 2 is 0.697 bits per heavy atom. The van der Waals surface area contributed by atoms with Gasteiger partial charge in [0.15, 0.2) is 6.10 Å². The van der Waals surface area contributed by atoms with Gasteiger partial charge < -0.3 is 14.2 Å². The average molecular weight is 917 g/mol. The Balaban J connectivity index is 4.36. The standard InChI is InChI=1S/C61H104O5/c1-4-7-10-13-16-19-22-25-28-30-31-33-34-36-39-42-45-48-51-54-60(62)65-58-59(57-64-56-53-50-47-44-41-38-27-24-21-18-15-12-9-6-3)66-61(63)55-52-49-46-43-40-37-35-32-29-26-23-20-17-14-11-8-5-2/h8-9,11-12,17-18,20-21,26-27,29,35,37-38,43,46,59H,4-7,10,13-16,19,22-25,28,30-34,36,39-42,44-45,47-58H2,1-3H3/b11-8-,12-9-,20-17-,21-18-,29-26-,37-35-,38-27-,46-43-. The van der Waals surface area contributed by atoms with Crippen LogP contribution in [-0.2, 0) is 23.8 Å². The van der Waals surface area contributed by atoms with Crippen LogP contribution >= 0.6 is 0 Å². The van der Waals surface area contributed by atoms with Crippen molar-refractivity contribution in [2.75, 3.05) is 19.8 Å². The van der Waals surface area contributed by atoms with Gasteiger partial charge in [0.25, 0.3) is 0 Å². The first-order chi connectivity index (χ1) is 32.6. The van der Waals surface area contributed by atoms with Crippen molar-refractivity contribution < 1.29 is 23.8 Å². The number of esters is 2. The van der Waals surface area contributed by atoms with Gasteiger partial charge in [0.2, 0.25) is 0 Å². The molecule has 0 aliphatic rings. The number of hydrogen-bond donors (Lipinski definition) is 0. The van der Waals surface area contributed by atoms with E-state index in [2.05, 4.69) is 118 Å². The molecule has 0 aromatic carbocycles. The molecule has 0 saturated carbocycles. The zero-order valence-corrected chi connectivity index (χ0v) is 43.4. The van der Waals surface area contributed by atoms with Crippen LogP contribution in [0.25, 0.3) is 0 Å². The number of ether oxygens (including phenoxy) is 3. The molecule has 66 heavy (non-hydrogen) atoms. The Labute approximate surface area is 409 Å². The van der Waals surface area contributed by atoms with E-state index in [1.807, 2.05) is 0 Å². The van der Waals surface area contributed by atoms with Crippen molar-refractivity contribution in [1.82, 2.24) is 0 Å². The van der Waals surface area contributed by atoms with Crippen LogP contribution in [0.2, 0.25) is 0 Å². The molecule has 0 aromatic heterocycles. The van der Waals surface area contributed by atoms with Crippen molar-refractivity contribution in [3.8, 4) is 0 Å². The van der Waals surface area contributed by atoms with E-state index in [0.29, 0.717) is 19.4 Å². The maximum atomic E-state index is 12.8. The molecular weight excluding hydrogens is 813 g/mol. The van der Waals surface area contributed by atoms with Gasteiger partial charge in [-0.3, -0.25) is 9.59 Å². The zero-order chi connectivity index (χ0) is 47.7. The molecule has 378 valence electrons. The normalized spacial score (nSPS) is 13.0. The quantitative estimate of drug-likeness (QED) is 0.0346. The summed E-state index contributed by atoms with van der Waals surface area (Å²) >= 11 is 0. The number of carbonyl (C=O) groups is 2. The van der Waals surface area contributed by atoms with Gasteiger partial charge in [-0.1, -0.05) is 246 Å². The number of allylic oxidation sites excluding steroid dienone is 16. The molecule has 1 unspecified atom stereocenters. The predicted molar refractivity (Wildman–Crippen MR) is 288 cm³/mol. The maximum absolute atomic E-state index is 12.8. The highest BCUT2D eigenvalue weighted by Gasteiger charge is 2.17. The first-order valence-electron chi connectivity index (χ1n) is 27.8. The smallest absolute Gasteiger partial charge is 0.306 e. The predicted octanol–water partition coefficient (Wildman–Crippen LogP) is 19.0. The van der Waals surface area contributed by atoms with E-state index in [1.165, 1.54) is 122 Å². The molecule has 1 atom stereocenters. The van der Waals surface area contributed by atoms with Gasteiger partial charge >= 0.3 is 11.9 Å². The summed E-state index contributed by atoms with van der Waals surface area (Å²) in [4.78, 5) is 25.5. The van der Waals surface area contributed by atoms with Gasteiger partial charge in [-0.25, -0.2) is 0 Å². The molecule has 0 radical (unpaired) electrons. The van der Waals surface area contributed by atoms with E-state index in [4.69, 9.17) is 14.2 Å². The molecule has 5 heteroatoms. The third-order valence-electron chi connectivity index (χ3n) is 11.6. The van der Waals surface area contributed by atoms with Crippen molar-refractivity contribution in [2.24, 2.45) is 0 Å². The lowest BCUT2D eigenvalue weighted by Crippen LogP contribution is -2.30. The molecule has 0 bridgehead atoms.